The van der Waals surface area contributed by atoms with Gasteiger partial charge in [0.15, 0.2) is 11.5 Å². The molecule has 1 aliphatic heterocycles. The zero-order valence-corrected chi connectivity index (χ0v) is 7.70. The molecule has 0 unspecified atom stereocenters. The quantitative estimate of drug-likeness (QED) is 0.780. The van der Waals surface area contributed by atoms with Gasteiger partial charge in [-0.3, -0.25) is 0 Å². The van der Waals surface area contributed by atoms with Crippen LogP contribution in [-0.4, -0.2) is 19.9 Å². The van der Waals surface area contributed by atoms with Gasteiger partial charge in [0, 0.05) is 5.56 Å². The first-order valence-corrected chi connectivity index (χ1v) is 4.53. The molecule has 1 heterocycles. The molecule has 76 valence electrons. The van der Waals surface area contributed by atoms with E-state index < -0.39 is 12.7 Å². The fourth-order valence-corrected chi connectivity index (χ4v) is 1.47. The van der Waals surface area contributed by atoms with Gasteiger partial charge in [-0.2, -0.15) is 0 Å². The zero-order chi connectivity index (χ0) is 9.97. The summed E-state index contributed by atoms with van der Waals surface area (Å²) in [7, 11) is 0. The summed E-state index contributed by atoms with van der Waals surface area (Å²) in [6, 6.07) is 4.71. The van der Waals surface area contributed by atoms with Gasteiger partial charge in [0.05, 0.1) is 6.04 Å². The van der Waals surface area contributed by atoms with Gasteiger partial charge < -0.3 is 15.2 Å². The lowest BCUT2D eigenvalue weighted by atomic mass is 10.1. The first-order chi connectivity index (χ1) is 6.83. The Morgan fingerprint density at radius 2 is 2.14 bits per heavy atom. The van der Waals surface area contributed by atoms with Crippen molar-refractivity contribution in [1.82, 2.24) is 0 Å². The topological polar surface area (TPSA) is 44.5 Å². The van der Waals surface area contributed by atoms with Crippen molar-refractivity contribution in [3.63, 3.8) is 0 Å². The standard InChI is InChI=1S/C10H12FNO2/c11-6-8(12)7-2-1-3-9-10(7)14-5-4-13-9/h1-3,8H,4-6,12H2/t8-/m0/s1. The van der Waals surface area contributed by atoms with Crippen molar-refractivity contribution in [3.8, 4) is 11.5 Å². The van der Waals surface area contributed by atoms with Crippen LogP contribution in [0, 0.1) is 0 Å². The van der Waals surface area contributed by atoms with Gasteiger partial charge in [0.2, 0.25) is 0 Å². The Hall–Kier alpha value is -1.29. The summed E-state index contributed by atoms with van der Waals surface area (Å²) in [5.74, 6) is 1.24. The lowest BCUT2D eigenvalue weighted by molar-refractivity contribution is 0.168. The van der Waals surface area contributed by atoms with Gasteiger partial charge >= 0.3 is 0 Å². The second-order valence-corrected chi connectivity index (χ2v) is 3.13. The Bertz CT molecular complexity index is 330. The van der Waals surface area contributed by atoms with Gasteiger partial charge in [-0.05, 0) is 6.07 Å². The predicted molar refractivity (Wildman–Crippen MR) is 50.3 cm³/mol. The maximum atomic E-state index is 12.4. The summed E-state index contributed by atoms with van der Waals surface area (Å²) in [4.78, 5) is 0. The molecule has 14 heavy (non-hydrogen) atoms. The summed E-state index contributed by atoms with van der Waals surface area (Å²) in [5, 5.41) is 0. The van der Waals surface area contributed by atoms with Gasteiger partial charge in [-0.25, -0.2) is 4.39 Å². The Kier molecular flexibility index (Phi) is 2.54. The van der Waals surface area contributed by atoms with Crippen molar-refractivity contribution in [2.24, 2.45) is 5.73 Å². The predicted octanol–water partition coefficient (Wildman–Crippen LogP) is 1.43. The van der Waals surface area contributed by atoms with Crippen LogP contribution in [0.15, 0.2) is 18.2 Å². The molecule has 0 spiro atoms. The number of ether oxygens (including phenoxy) is 2. The van der Waals surface area contributed by atoms with Crippen LogP contribution >= 0.6 is 0 Å². The highest BCUT2D eigenvalue weighted by molar-refractivity contribution is 5.48. The molecule has 1 aliphatic rings. The number of alkyl halides is 1. The number of hydrogen-bond acceptors (Lipinski definition) is 3. The van der Waals surface area contributed by atoms with Gasteiger partial charge in [0.1, 0.15) is 19.9 Å². The van der Waals surface area contributed by atoms with Crippen molar-refractivity contribution in [3.05, 3.63) is 23.8 Å². The van der Waals surface area contributed by atoms with E-state index in [0.717, 1.165) is 0 Å². The van der Waals surface area contributed by atoms with Gasteiger partial charge in [0.25, 0.3) is 0 Å². The van der Waals surface area contributed by atoms with E-state index >= 15 is 0 Å². The van der Waals surface area contributed by atoms with E-state index in [2.05, 4.69) is 0 Å². The van der Waals surface area contributed by atoms with E-state index in [1.807, 2.05) is 0 Å². The van der Waals surface area contributed by atoms with Crippen molar-refractivity contribution < 1.29 is 13.9 Å². The lowest BCUT2D eigenvalue weighted by Crippen LogP contribution is -2.20. The molecule has 0 radical (unpaired) electrons. The number of nitrogens with two attached hydrogens (primary N) is 1. The van der Waals surface area contributed by atoms with Crippen LogP contribution in [0.5, 0.6) is 11.5 Å². The maximum absolute atomic E-state index is 12.4. The minimum atomic E-state index is -0.633. The molecule has 0 aliphatic carbocycles. The highest BCUT2D eigenvalue weighted by Gasteiger charge is 2.19. The summed E-state index contributed by atoms with van der Waals surface area (Å²) < 4.78 is 23.2. The van der Waals surface area contributed by atoms with E-state index in [-0.39, 0.29) is 0 Å². The molecule has 4 heteroatoms. The average molecular weight is 197 g/mol. The number of benzene rings is 1. The molecule has 1 aromatic carbocycles. The third-order valence-corrected chi connectivity index (χ3v) is 2.16. The maximum Gasteiger partial charge on any atom is 0.166 e. The van der Waals surface area contributed by atoms with Gasteiger partial charge in [-0.1, -0.05) is 12.1 Å². The highest BCUT2D eigenvalue weighted by atomic mass is 19.1. The second-order valence-electron chi connectivity index (χ2n) is 3.13. The highest BCUT2D eigenvalue weighted by Crippen LogP contribution is 2.36. The second kappa shape index (κ2) is 3.84. The van der Waals surface area contributed by atoms with E-state index in [4.69, 9.17) is 15.2 Å². The van der Waals surface area contributed by atoms with Crippen molar-refractivity contribution in [2.75, 3.05) is 19.9 Å². The lowest BCUT2D eigenvalue weighted by Gasteiger charge is -2.22. The number of para-hydroxylation sites is 1. The van der Waals surface area contributed by atoms with E-state index in [1.54, 1.807) is 18.2 Å². The number of hydrogen-bond donors (Lipinski definition) is 1. The summed E-state index contributed by atoms with van der Waals surface area (Å²) in [5.41, 5.74) is 6.28. The molecule has 2 rings (SSSR count). The van der Waals surface area contributed by atoms with Crippen LogP contribution in [0.25, 0.3) is 0 Å². The Labute approximate surface area is 81.6 Å². The minimum Gasteiger partial charge on any atom is -0.486 e. The average Bonchev–Trinajstić information content (AvgIpc) is 2.27. The normalized spacial score (nSPS) is 16.4. The Morgan fingerprint density at radius 3 is 2.93 bits per heavy atom. The van der Waals surface area contributed by atoms with E-state index in [9.17, 15) is 4.39 Å². The van der Waals surface area contributed by atoms with E-state index in [0.29, 0.717) is 30.3 Å². The number of halogens is 1. The van der Waals surface area contributed by atoms with Crippen LogP contribution in [-0.2, 0) is 0 Å². The molecule has 0 bridgehead atoms. The first kappa shape index (κ1) is 9.27. The largest absolute Gasteiger partial charge is 0.486 e. The monoisotopic (exact) mass is 197 g/mol. The molecule has 2 N–H and O–H groups in total. The Balaban J connectivity index is 2.39. The van der Waals surface area contributed by atoms with Gasteiger partial charge in [-0.15, -0.1) is 0 Å². The number of rotatable bonds is 2. The van der Waals surface area contributed by atoms with Crippen molar-refractivity contribution >= 4 is 0 Å². The molecule has 0 saturated carbocycles. The minimum absolute atomic E-state index is 0.489. The molecule has 0 aromatic heterocycles. The molecule has 0 amide bonds. The van der Waals surface area contributed by atoms with Crippen LogP contribution in [0.2, 0.25) is 0 Å². The molecular weight excluding hydrogens is 185 g/mol. The van der Waals surface area contributed by atoms with Crippen molar-refractivity contribution in [2.45, 2.75) is 6.04 Å². The fraction of sp³-hybridized carbons (Fsp3) is 0.400. The van der Waals surface area contributed by atoms with E-state index in [1.165, 1.54) is 0 Å². The Morgan fingerprint density at radius 1 is 1.36 bits per heavy atom. The zero-order valence-electron chi connectivity index (χ0n) is 7.70. The third-order valence-electron chi connectivity index (χ3n) is 2.16. The molecule has 0 saturated heterocycles. The molecule has 1 aromatic rings. The molecular formula is C10H12FNO2. The third kappa shape index (κ3) is 1.53. The summed E-state index contributed by atoms with van der Waals surface area (Å²) in [6.45, 7) is 0.421. The summed E-state index contributed by atoms with van der Waals surface area (Å²) in [6.07, 6.45) is 0. The van der Waals surface area contributed by atoms with Crippen molar-refractivity contribution in [1.29, 1.82) is 0 Å². The molecule has 0 fully saturated rings. The van der Waals surface area contributed by atoms with Crippen LogP contribution < -0.4 is 15.2 Å². The van der Waals surface area contributed by atoms with Crippen LogP contribution in [0.1, 0.15) is 11.6 Å². The van der Waals surface area contributed by atoms with Crippen LogP contribution in [0.4, 0.5) is 4.39 Å². The fourth-order valence-electron chi connectivity index (χ4n) is 1.47. The van der Waals surface area contributed by atoms with Crippen LogP contribution in [0.3, 0.4) is 0 Å². The molecule has 1 atom stereocenters. The SMILES string of the molecule is N[C@@H](CF)c1cccc2c1OCCO2. The molecule has 3 nitrogen and oxygen atoms in total. The smallest absolute Gasteiger partial charge is 0.166 e. The summed E-state index contributed by atoms with van der Waals surface area (Å²) >= 11 is 0. The number of fused-ring (bicyclic) bond motifs is 1. The first-order valence-electron chi connectivity index (χ1n) is 4.53.